The van der Waals surface area contributed by atoms with E-state index in [-0.39, 0.29) is 24.4 Å². The molecule has 20 heavy (non-hydrogen) atoms. The summed E-state index contributed by atoms with van der Waals surface area (Å²) in [6.07, 6.45) is 2.86. The van der Waals surface area contributed by atoms with Crippen LogP contribution >= 0.6 is 24.0 Å². The zero-order chi connectivity index (χ0) is 13.8. The molecule has 1 saturated heterocycles. The van der Waals surface area contributed by atoms with Crippen molar-refractivity contribution >= 4 is 29.9 Å². The van der Waals surface area contributed by atoms with E-state index < -0.39 is 0 Å². The lowest BCUT2D eigenvalue weighted by Gasteiger charge is -2.26. The van der Waals surface area contributed by atoms with E-state index in [2.05, 4.69) is 5.32 Å². The van der Waals surface area contributed by atoms with Gasteiger partial charge < -0.3 is 10.2 Å². The molecule has 2 atom stereocenters. The molecule has 5 heteroatoms. The second kappa shape index (κ2) is 7.87. The third-order valence-electron chi connectivity index (χ3n) is 3.89. The predicted molar refractivity (Wildman–Crippen MR) is 85.5 cm³/mol. The molecule has 112 valence electrons. The molecule has 3 nitrogen and oxygen atoms in total. The van der Waals surface area contributed by atoms with Crippen molar-refractivity contribution in [1.82, 2.24) is 10.2 Å². The number of hydrogen-bond acceptors (Lipinski definition) is 2. The normalized spacial score (nSPS) is 19.2. The fourth-order valence-electron chi connectivity index (χ4n) is 2.49. The zero-order valence-electron chi connectivity index (χ0n) is 11.9. The summed E-state index contributed by atoms with van der Waals surface area (Å²) in [4.78, 5) is 14.1. The number of nitrogens with zero attached hydrogens (tertiary/aromatic N) is 1. The molecular formula is C15H22Cl2N2O. The standard InChI is InChI=1S/C15H21ClN2O.ClH/c1-11(12-5-3-6-13(16)9-12)18(2)15(19)10-14-7-4-8-17-14;/h3,5-6,9,11,14,17H,4,7-8,10H2,1-2H3;1H. The molecule has 1 heterocycles. The average Bonchev–Trinajstić information content (AvgIpc) is 2.89. The maximum atomic E-state index is 12.3. The molecule has 1 amide bonds. The molecular weight excluding hydrogens is 295 g/mol. The van der Waals surface area contributed by atoms with E-state index >= 15 is 0 Å². The molecule has 2 rings (SSSR count). The maximum Gasteiger partial charge on any atom is 0.224 e. The molecule has 2 unspecified atom stereocenters. The van der Waals surface area contributed by atoms with Crippen molar-refractivity contribution in [2.24, 2.45) is 0 Å². The molecule has 0 radical (unpaired) electrons. The van der Waals surface area contributed by atoms with Gasteiger partial charge in [-0.05, 0) is 44.0 Å². The fourth-order valence-corrected chi connectivity index (χ4v) is 2.69. The third kappa shape index (κ3) is 4.37. The van der Waals surface area contributed by atoms with Crippen molar-refractivity contribution < 1.29 is 4.79 Å². The Labute approximate surface area is 132 Å². The van der Waals surface area contributed by atoms with Crippen LogP contribution in [0, 0.1) is 0 Å². The van der Waals surface area contributed by atoms with Crippen LogP contribution in [0.1, 0.15) is 37.8 Å². The van der Waals surface area contributed by atoms with E-state index in [1.54, 1.807) is 0 Å². The number of hydrogen-bond donors (Lipinski definition) is 1. The van der Waals surface area contributed by atoms with Crippen molar-refractivity contribution in [3.05, 3.63) is 34.9 Å². The smallest absolute Gasteiger partial charge is 0.224 e. The average molecular weight is 317 g/mol. The second-order valence-electron chi connectivity index (χ2n) is 5.23. The highest BCUT2D eigenvalue weighted by Crippen LogP contribution is 2.23. The van der Waals surface area contributed by atoms with Crippen LogP contribution in [0.5, 0.6) is 0 Å². The maximum absolute atomic E-state index is 12.3. The van der Waals surface area contributed by atoms with Gasteiger partial charge in [0, 0.05) is 24.5 Å². The van der Waals surface area contributed by atoms with Gasteiger partial charge in [-0.25, -0.2) is 0 Å². The summed E-state index contributed by atoms with van der Waals surface area (Å²) in [5.74, 6) is 0.187. The Morgan fingerprint density at radius 1 is 1.55 bits per heavy atom. The van der Waals surface area contributed by atoms with Crippen LogP contribution in [0.4, 0.5) is 0 Å². The number of halogens is 2. The Morgan fingerprint density at radius 3 is 2.90 bits per heavy atom. The number of benzene rings is 1. The Kier molecular flexibility index (Phi) is 6.80. The van der Waals surface area contributed by atoms with Gasteiger partial charge in [0.25, 0.3) is 0 Å². The fraction of sp³-hybridized carbons (Fsp3) is 0.533. The highest BCUT2D eigenvalue weighted by Gasteiger charge is 2.23. The molecule has 0 bridgehead atoms. The molecule has 0 aliphatic carbocycles. The van der Waals surface area contributed by atoms with Gasteiger partial charge in [0.15, 0.2) is 0 Å². The van der Waals surface area contributed by atoms with Crippen LogP contribution in [0.15, 0.2) is 24.3 Å². The Morgan fingerprint density at radius 2 is 2.30 bits per heavy atom. The van der Waals surface area contributed by atoms with Gasteiger partial charge in [-0.2, -0.15) is 0 Å². The molecule has 1 fully saturated rings. The Bertz CT molecular complexity index is 447. The van der Waals surface area contributed by atoms with Gasteiger partial charge in [-0.1, -0.05) is 23.7 Å². The Balaban J connectivity index is 0.00000200. The van der Waals surface area contributed by atoms with Crippen LogP contribution in [0.2, 0.25) is 5.02 Å². The summed E-state index contributed by atoms with van der Waals surface area (Å²) in [7, 11) is 1.86. The minimum Gasteiger partial charge on any atom is -0.339 e. The molecule has 1 aliphatic rings. The van der Waals surface area contributed by atoms with E-state index in [1.807, 2.05) is 43.1 Å². The summed E-state index contributed by atoms with van der Waals surface area (Å²) >= 11 is 6.00. The van der Waals surface area contributed by atoms with Gasteiger partial charge in [-0.15, -0.1) is 12.4 Å². The van der Waals surface area contributed by atoms with Crippen molar-refractivity contribution in [2.75, 3.05) is 13.6 Å². The highest BCUT2D eigenvalue weighted by atomic mass is 35.5. The topological polar surface area (TPSA) is 32.3 Å². The number of carbonyl (C=O) groups excluding carboxylic acids is 1. The first-order chi connectivity index (χ1) is 9.08. The number of carbonyl (C=O) groups is 1. The lowest BCUT2D eigenvalue weighted by molar-refractivity contribution is -0.132. The van der Waals surface area contributed by atoms with Crippen molar-refractivity contribution in [3.63, 3.8) is 0 Å². The number of rotatable bonds is 4. The second-order valence-corrected chi connectivity index (χ2v) is 5.67. The predicted octanol–water partition coefficient (Wildman–Crippen LogP) is 3.42. The summed E-state index contributed by atoms with van der Waals surface area (Å²) in [6, 6.07) is 8.10. The summed E-state index contributed by atoms with van der Waals surface area (Å²) in [5.41, 5.74) is 1.07. The largest absolute Gasteiger partial charge is 0.339 e. The monoisotopic (exact) mass is 316 g/mol. The molecule has 1 N–H and O–H groups in total. The molecule has 0 aromatic heterocycles. The Hall–Kier alpha value is -0.770. The van der Waals surface area contributed by atoms with E-state index in [0.717, 1.165) is 18.5 Å². The van der Waals surface area contributed by atoms with Gasteiger partial charge in [-0.3, -0.25) is 4.79 Å². The summed E-state index contributed by atoms with van der Waals surface area (Å²) in [5, 5.41) is 4.07. The molecule has 0 spiro atoms. The van der Waals surface area contributed by atoms with E-state index in [0.29, 0.717) is 17.5 Å². The number of nitrogens with one attached hydrogen (secondary N) is 1. The lowest BCUT2D eigenvalue weighted by Crippen LogP contribution is -2.34. The van der Waals surface area contributed by atoms with Crippen LogP contribution < -0.4 is 5.32 Å². The SMILES string of the molecule is CC(c1cccc(Cl)c1)N(C)C(=O)CC1CCCN1.Cl. The van der Waals surface area contributed by atoms with E-state index in [9.17, 15) is 4.79 Å². The summed E-state index contributed by atoms with van der Waals surface area (Å²) in [6.45, 7) is 3.07. The lowest BCUT2D eigenvalue weighted by atomic mass is 10.1. The number of amides is 1. The van der Waals surface area contributed by atoms with E-state index in [4.69, 9.17) is 11.6 Å². The van der Waals surface area contributed by atoms with Crippen molar-refractivity contribution in [3.8, 4) is 0 Å². The summed E-state index contributed by atoms with van der Waals surface area (Å²) < 4.78 is 0. The molecule has 0 saturated carbocycles. The van der Waals surface area contributed by atoms with Crippen LogP contribution in [0.25, 0.3) is 0 Å². The van der Waals surface area contributed by atoms with Crippen LogP contribution in [0.3, 0.4) is 0 Å². The van der Waals surface area contributed by atoms with Crippen molar-refractivity contribution in [1.29, 1.82) is 0 Å². The van der Waals surface area contributed by atoms with Gasteiger partial charge in [0.2, 0.25) is 5.91 Å². The third-order valence-corrected chi connectivity index (χ3v) is 4.12. The van der Waals surface area contributed by atoms with Gasteiger partial charge >= 0.3 is 0 Å². The van der Waals surface area contributed by atoms with Gasteiger partial charge in [0.05, 0.1) is 6.04 Å². The first-order valence-electron chi connectivity index (χ1n) is 6.82. The first kappa shape index (κ1) is 17.3. The van der Waals surface area contributed by atoms with E-state index in [1.165, 1.54) is 6.42 Å². The minimum atomic E-state index is 0. The molecule has 1 aromatic carbocycles. The van der Waals surface area contributed by atoms with Crippen LogP contribution in [-0.4, -0.2) is 30.4 Å². The molecule has 1 aromatic rings. The quantitative estimate of drug-likeness (QED) is 0.923. The van der Waals surface area contributed by atoms with Crippen LogP contribution in [-0.2, 0) is 4.79 Å². The van der Waals surface area contributed by atoms with Crippen molar-refractivity contribution in [2.45, 2.75) is 38.3 Å². The van der Waals surface area contributed by atoms with Gasteiger partial charge in [0.1, 0.15) is 0 Å². The highest BCUT2D eigenvalue weighted by molar-refractivity contribution is 6.30. The molecule has 1 aliphatic heterocycles. The first-order valence-corrected chi connectivity index (χ1v) is 7.20. The zero-order valence-corrected chi connectivity index (χ0v) is 13.5. The minimum absolute atomic E-state index is 0.